The van der Waals surface area contributed by atoms with Crippen molar-refractivity contribution in [2.45, 2.75) is 284 Å². The highest BCUT2D eigenvalue weighted by molar-refractivity contribution is 5.70. The molecule has 0 aromatic rings. The molecule has 0 amide bonds. The molecule has 0 saturated carbocycles. The molecule has 1 unspecified atom stereocenters. The molecule has 5 nitrogen and oxygen atoms in total. The molecule has 0 saturated heterocycles. The van der Waals surface area contributed by atoms with Gasteiger partial charge in [-0.1, -0.05) is 242 Å². The standard InChI is InChI=1S/C59H106O5/c1-4-7-10-13-16-19-22-25-28-30-32-34-37-40-43-46-49-52-58(60)63-56-57(55-62-54-51-48-45-42-39-36-33-29-26-23-20-17-14-11-8-5-2)64-59(61)53-50-47-44-41-38-35-31-27-24-21-18-15-12-9-6-3/h9,12,18,21,26-27,29,31,38,41,57H,4-8,10-11,13-17,19-20,22-25,28,30,32-37,39-40,42-56H2,1-3H3/b12-9-,21-18-,29-26-,31-27-,41-38-. The average Bonchev–Trinajstić information content (AvgIpc) is 3.30. The molecular weight excluding hydrogens is 789 g/mol. The highest BCUT2D eigenvalue weighted by Gasteiger charge is 2.17. The summed E-state index contributed by atoms with van der Waals surface area (Å²) in [6, 6.07) is 0. The molecule has 1 atom stereocenters. The van der Waals surface area contributed by atoms with Crippen LogP contribution in [0.15, 0.2) is 60.8 Å². The second-order valence-corrected chi connectivity index (χ2v) is 18.5. The Labute approximate surface area is 398 Å². The number of ether oxygens (including phenoxy) is 3. The normalized spacial score (nSPS) is 12.6. The van der Waals surface area contributed by atoms with Crippen molar-refractivity contribution in [3.63, 3.8) is 0 Å². The van der Waals surface area contributed by atoms with Crippen molar-refractivity contribution >= 4 is 11.9 Å². The van der Waals surface area contributed by atoms with Crippen LogP contribution in [0, 0.1) is 0 Å². The van der Waals surface area contributed by atoms with E-state index in [9.17, 15) is 9.59 Å². The van der Waals surface area contributed by atoms with Gasteiger partial charge in [0.2, 0.25) is 0 Å². The predicted octanol–water partition coefficient (Wildman–Crippen LogP) is 18.9. The van der Waals surface area contributed by atoms with Crippen LogP contribution in [0.2, 0.25) is 0 Å². The zero-order chi connectivity index (χ0) is 46.3. The van der Waals surface area contributed by atoms with E-state index < -0.39 is 6.10 Å². The Morgan fingerprint density at radius 3 is 1.17 bits per heavy atom. The summed E-state index contributed by atoms with van der Waals surface area (Å²) in [6.45, 7) is 7.69. The lowest BCUT2D eigenvalue weighted by Crippen LogP contribution is -2.30. The van der Waals surface area contributed by atoms with Crippen molar-refractivity contribution in [2.75, 3.05) is 19.8 Å². The fraction of sp³-hybridized carbons (Fsp3) is 0.797. The second kappa shape index (κ2) is 54.9. The van der Waals surface area contributed by atoms with Crippen molar-refractivity contribution in [1.82, 2.24) is 0 Å². The minimum Gasteiger partial charge on any atom is -0.462 e. The first-order valence-corrected chi connectivity index (χ1v) is 27.8. The summed E-state index contributed by atoms with van der Waals surface area (Å²) in [7, 11) is 0. The number of carbonyl (C=O) groups excluding carboxylic acids is 2. The zero-order valence-corrected chi connectivity index (χ0v) is 42.8. The van der Waals surface area contributed by atoms with Crippen LogP contribution in [-0.2, 0) is 23.8 Å². The third kappa shape index (κ3) is 52.2. The first kappa shape index (κ1) is 61.6. The van der Waals surface area contributed by atoms with Crippen LogP contribution < -0.4 is 0 Å². The maximum atomic E-state index is 12.8. The Hall–Kier alpha value is -2.40. The fourth-order valence-corrected chi connectivity index (χ4v) is 7.91. The van der Waals surface area contributed by atoms with Gasteiger partial charge in [-0.15, -0.1) is 0 Å². The van der Waals surface area contributed by atoms with Gasteiger partial charge in [0.05, 0.1) is 6.61 Å². The third-order valence-electron chi connectivity index (χ3n) is 12.0. The SMILES string of the molecule is CC/C=C\C/C=C\C/C=C\C/C=C\CCCCC(=O)OC(COCCCCCCCC/C=C\CCCCCCCC)COC(=O)CCCCCCCCCCCCCCCCCCC. The van der Waals surface area contributed by atoms with Gasteiger partial charge in [-0.25, -0.2) is 0 Å². The summed E-state index contributed by atoms with van der Waals surface area (Å²) in [5.41, 5.74) is 0. The van der Waals surface area contributed by atoms with Crippen LogP contribution in [0.3, 0.4) is 0 Å². The van der Waals surface area contributed by atoms with Gasteiger partial charge in [0.15, 0.2) is 6.10 Å². The smallest absolute Gasteiger partial charge is 0.306 e. The minimum atomic E-state index is -0.560. The molecule has 0 fully saturated rings. The molecule has 0 rings (SSSR count). The number of esters is 2. The van der Waals surface area contributed by atoms with Crippen molar-refractivity contribution in [3.05, 3.63) is 60.8 Å². The van der Waals surface area contributed by atoms with Crippen molar-refractivity contribution in [3.8, 4) is 0 Å². The Morgan fingerprint density at radius 2 is 0.703 bits per heavy atom. The van der Waals surface area contributed by atoms with Gasteiger partial charge in [-0.2, -0.15) is 0 Å². The first-order chi connectivity index (χ1) is 31.6. The van der Waals surface area contributed by atoms with Gasteiger partial charge in [-0.3, -0.25) is 9.59 Å². The van der Waals surface area contributed by atoms with Crippen molar-refractivity contribution < 1.29 is 23.8 Å². The Bertz CT molecular complexity index is 1100. The minimum absolute atomic E-state index is 0.0683. The van der Waals surface area contributed by atoms with E-state index >= 15 is 0 Å². The quantitative estimate of drug-likeness (QED) is 0.0346. The Balaban J connectivity index is 4.31. The highest BCUT2D eigenvalue weighted by atomic mass is 16.6. The van der Waals surface area contributed by atoms with E-state index in [-0.39, 0.29) is 25.2 Å². The van der Waals surface area contributed by atoms with Crippen LogP contribution in [0.1, 0.15) is 278 Å². The lowest BCUT2D eigenvalue weighted by molar-refractivity contribution is -0.163. The van der Waals surface area contributed by atoms with E-state index in [1.165, 1.54) is 173 Å². The number of rotatable bonds is 51. The summed E-state index contributed by atoms with van der Waals surface area (Å²) < 4.78 is 17.4. The van der Waals surface area contributed by atoms with Crippen LogP contribution in [0.25, 0.3) is 0 Å². The number of unbranched alkanes of at least 4 members (excludes halogenated alkanes) is 30. The van der Waals surface area contributed by atoms with E-state index in [0.717, 1.165) is 70.6 Å². The van der Waals surface area contributed by atoms with E-state index in [1.807, 2.05) is 0 Å². The molecule has 0 heterocycles. The summed E-state index contributed by atoms with van der Waals surface area (Å²) >= 11 is 0. The zero-order valence-electron chi connectivity index (χ0n) is 42.8. The van der Waals surface area contributed by atoms with Gasteiger partial charge in [0, 0.05) is 19.4 Å². The highest BCUT2D eigenvalue weighted by Crippen LogP contribution is 2.16. The van der Waals surface area contributed by atoms with E-state index in [2.05, 4.69) is 81.5 Å². The van der Waals surface area contributed by atoms with Gasteiger partial charge in [0.1, 0.15) is 6.61 Å². The Morgan fingerprint density at radius 1 is 0.359 bits per heavy atom. The number of allylic oxidation sites excluding steroid dienone is 10. The number of carbonyl (C=O) groups is 2. The van der Waals surface area contributed by atoms with E-state index in [4.69, 9.17) is 14.2 Å². The number of hydrogen-bond donors (Lipinski definition) is 0. The van der Waals surface area contributed by atoms with Gasteiger partial charge < -0.3 is 14.2 Å². The summed E-state index contributed by atoms with van der Waals surface area (Å²) in [5, 5.41) is 0. The molecule has 0 aromatic heterocycles. The fourth-order valence-electron chi connectivity index (χ4n) is 7.91. The van der Waals surface area contributed by atoms with Crippen LogP contribution >= 0.6 is 0 Å². The molecule has 0 aliphatic carbocycles. The maximum absolute atomic E-state index is 12.8. The monoisotopic (exact) mass is 895 g/mol. The van der Waals surface area contributed by atoms with Crippen LogP contribution in [-0.4, -0.2) is 37.9 Å². The molecule has 0 bridgehead atoms. The summed E-state index contributed by atoms with van der Waals surface area (Å²) in [6.07, 6.45) is 69.5. The van der Waals surface area contributed by atoms with Crippen LogP contribution in [0.5, 0.6) is 0 Å². The third-order valence-corrected chi connectivity index (χ3v) is 12.0. The Kier molecular flexibility index (Phi) is 52.9. The van der Waals surface area contributed by atoms with E-state index in [1.54, 1.807) is 0 Å². The predicted molar refractivity (Wildman–Crippen MR) is 279 cm³/mol. The van der Waals surface area contributed by atoms with Gasteiger partial charge in [-0.05, 0) is 83.5 Å². The topological polar surface area (TPSA) is 61.8 Å². The molecule has 5 heteroatoms. The molecule has 0 aromatic carbocycles. The lowest BCUT2D eigenvalue weighted by atomic mass is 10.0. The molecule has 0 N–H and O–H groups in total. The van der Waals surface area contributed by atoms with Crippen molar-refractivity contribution in [1.29, 1.82) is 0 Å². The average molecular weight is 895 g/mol. The molecule has 0 aliphatic rings. The lowest BCUT2D eigenvalue weighted by Gasteiger charge is -2.18. The molecule has 372 valence electrons. The van der Waals surface area contributed by atoms with Gasteiger partial charge in [0.25, 0.3) is 0 Å². The number of hydrogen-bond acceptors (Lipinski definition) is 5. The van der Waals surface area contributed by atoms with Gasteiger partial charge >= 0.3 is 11.9 Å². The summed E-state index contributed by atoms with van der Waals surface area (Å²) in [4.78, 5) is 25.5. The largest absolute Gasteiger partial charge is 0.462 e. The van der Waals surface area contributed by atoms with Crippen molar-refractivity contribution in [2.24, 2.45) is 0 Å². The molecule has 0 radical (unpaired) electrons. The van der Waals surface area contributed by atoms with E-state index in [0.29, 0.717) is 19.4 Å². The molecular formula is C59H106O5. The molecule has 0 spiro atoms. The van der Waals surface area contributed by atoms with Crippen LogP contribution in [0.4, 0.5) is 0 Å². The maximum Gasteiger partial charge on any atom is 0.306 e. The molecule has 0 aliphatic heterocycles. The first-order valence-electron chi connectivity index (χ1n) is 27.8. The second-order valence-electron chi connectivity index (χ2n) is 18.5. The molecule has 64 heavy (non-hydrogen) atoms. The summed E-state index contributed by atoms with van der Waals surface area (Å²) in [5.74, 6) is -0.437.